The van der Waals surface area contributed by atoms with Gasteiger partial charge in [-0.15, -0.1) is 11.8 Å². The van der Waals surface area contributed by atoms with Gasteiger partial charge in [-0.05, 0) is 67.0 Å². The number of carbonyl (C=O) groups is 1. The lowest BCUT2D eigenvalue weighted by molar-refractivity contribution is -0.119. The molecule has 0 heterocycles. The highest BCUT2D eigenvalue weighted by Crippen LogP contribution is 2.22. The molecule has 26 heavy (non-hydrogen) atoms. The van der Waals surface area contributed by atoms with E-state index in [0.29, 0.717) is 15.9 Å². The van der Waals surface area contributed by atoms with E-state index >= 15 is 0 Å². The minimum Gasteiger partial charge on any atom is -0.331 e. The SMILES string of the molecule is Cc1cc(C)cc(NC(=S)NNC(=O)CSCc2ccc(F)cc2Cl)c1. The Hall–Kier alpha value is -1.83. The summed E-state index contributed by atoms with van der Waals surface area (Å²) in [4.78, 5) is 11.9. The van der Waals surface area contributed by atoms with Gasteiger partial charge < -0.3 is 5.32 Å². The van der Waals surface area contributed by atoms with Gasteiger partial charge in [-0.25, -0.2) is 4.39 Å². The maximum Gasteiger partial charge on any atom is 0.248 e. The van der Waals surface area contributed by atoms with Crippen LogP contribution in [0.1, 0.15) is 16.7 Å². The Balaban J connectivity index is 1.71. The van der Waals surface area contributed by atoms with Gasteiger partial charge >= 0.3 is 0 Å². The molecule has 0 radical (unpaired) electrons. The Labute approximate surface area is 166 Å². The van der Waals surface area contributed by atoms with Crippen molar-refractivity contribution in [3.8, 4) is 0 Å². The number of carbonyl (C=O) groups excluding carboxylic acids is 1. The number of thiocarbonyl (C=S) groups is 1. The summed E-state index contributed by atoms with van der Waals surface area (Å²) in [5.74, 6) is 0.123. The first-order valence-corrected chi connectivity index (χ1v) is 9.73. The van der Waals surface area contributed by atoms with Crippen LogP contribution in [-0.2, 0) is 10.5 Å². The average Bonchev–Trinajstić information content (AvgIpc) is 2.54. The Morgan fingerprint density at radius 2 is 1.85 bits per heavy atom. The van der Waals surface area contributed by atoms with E-state index in [1.165, 1.54) is 23.9 Å². The molecule has 0 aliphatic heterocycles. The maximum atomic E-state index is 13.0. The Morgan fingerprint density at radius 1 is 1.15 bits per heavy atom. The molecule has 0 saturated heterocycles. The second-order valence-electron chi connectivity index (χ2n) is 5.73. The van der Waals surface area contributed by atoms with E-state index in [2.05, 4.69) is 22.2 Å². The summed E-state index contributed by atoms with van der Waals surface area (Å²) in [6, 6.07) is 10.2. The monoisotopic (exact) mass is 411 g/mol. The van der Waals surface area contributed by atoms with Crippen LogP contribution in [0, 0.1) is 19.7 Å². The van der Waals surface area contributed by atoms with Crippen LogP contribution in [0.25, 0.3) is 0 Å². The predicted octanol–water partition coefficient (Wildman–Crippen LogP) is 4.35. The predicted molar refractivity (Wildman–Crippen MR) is 111 cm³/mol. The third kappa shape index (κ3) is 6.82. The van der Waals surface area contributed by atoms with Gasteiger partial charge in [-0.3, -0.25) is 15.6 Å². The molecular weight excluding hydrogens is 393 g/mol. The molecule has 0 saturated carbocycles. The van der Waals surface area contributed by atoms with Crippen LogP contribution in [0.3, 0.4) is 0 Å². The van der Waals surface area contributed by atoms with Crippen LogP contribution in [0.5, 0.6) is 0 Å². The van der Waals surface area contributed by atoms with Crippen molar-refractivity contribution in [3.05, 3.63) is 63.9 Å². The van der Waals surface area contributed by atoms with Crippen molar-refractivity contribution in [2.24, 2.45) is 0 Å². The number of amides is 1. The highest BCUT2D eigenvalue weighted by atomic mass is 35.5. The van der Waals surface area contributed by atoms with Crippen molar-refractivity contribution in [1.82, 2.24) is 10.9 Å². The summed E-state index contributed by atoms with van der Waals surface area (Å²) < 4.78 is 13.0. The second-order valence-corrected chi connectivity index (χ2v) is 7.53. The highest BCUT2D eigenvalue weighted by molar-refractivity contribution is 7.99. The van der Waals surface area contributed by atoms with Gasteiger partial charge in [0.1, 0.15) is 5.82 Å². The lowest BCUT2D eigenvalue weighted by Crippen LogP contribution is -2.44. The molecule has 4 nitrogen and oxygen atoms in total. The largest absolute Gasteiger partial charge is 0.331 e. The molecule has 2 aromatic rings. The fourth-order valence-corrected chi connectivity index (χ4v) is 3.58. The van der Waals surface area contributed by atoms with E-state index < -0.39 is 0 Å². The van der Waals surface area contributed by atoms with E-state index in [1.807, 2.05) is 26.0 Å². The first kappa shape index (κ1) is 20.5. The molecule has 2 rings (SSSR count). The summed E-state index contributed by atoms with van der Waals surface area (Å²) in [6.45, 7) is 4.00. The van der Waals surface area contributed by atoms with Crippen molar-refractivity contribution >= 4 is 52.3 Å². The normalized spacial score (nSPS) is 10.3. The number of anilines is 1. The molecule has 0 atom stereocenters. The van der Waals surface area contributed by atoms with Crippen molar-refractivity contribution in [2.75, 3.05) is 11.1 Å². The van der Waals surface area contributed by atoms with Gasteiger partial charge in [0.05, 0.1) is 5.75 Å². The minimum atomic E-state index is -0.379. The molecule has 0 unspecified atom stereocenters. The Bertz CT molecular complexity index is 797. The number of nitrogens with one attached hydrogen (secondary N) is 3. The standard InChI is InChI=1S/C18H19ClFN3OS2/c1-11-5-12(2)7-15(6-11)21-18(25)23-22-17(24)10-26-9-13-3-4-14(20)8-16(13)19/h3-8H,9-10H2,1-2H3,(H,22,24)(H2,21,23,25). The molecule has 0 spiro atoms. The molecule has 0 fully saturated rings. The number of aryl methyl sites for hydroxylation is 2. The van der Waals surface area contributed by atoms with E-state index in [4.69, 9.17) is 23.8 Å². The van der Waals surface area contributed by atoms with Gasteiger partial charge in [-0.1, -0.05) is 23.7 Å². The van der Waals surface area contributed by atoms with E-state index in [1.54, 1.807) is 6.07 Å². The molecule has 3 N–H and O–H groups in total. The fourth-order valence-electron chi connectivity index (χ4n) is 2.26. The smallest absolute Gasteiger partial charge is 0.248 e. The van der Waals surface area contributed by atoms with Gasteiger partial charge in [0, 0.05) is 16.5 Å². The zero-order valence-electron chi connectivity index (χ0n) is 14.4. The molecule has 8 heteroatoms. The van der Waals surface area contributed by atoms with Gasteiger partial charge in [-0.2, -0.15) is 0 Å². The topological polar surface area (TPSA) is 53.2 Å². The number of hydrogen-bond acceptors (Lipinski definition) is 3. The molecule has 138 valence electrons. The van der Waals surface area contributed by atoms with Crippen LogP contribution in [0.4, 0.5) is 10.1 Å². The minimum absolute atomic E-state index is 0.215. The lowest BCUT2D eigenvalue weighted by atomic mass is 10.1. The van der Waals surface area contributed by atoms with Crippen molar-refractivity contribution < 1.29 is 9.18 Å². The summed E-state index contributed by atoms with van der Waals surface area (Å²) in [6.07, 6.45) is 0. The number of benzene rings is 2. The van der Waals surface area contributed by atoms with Crippen LogP contribution in [-0.4, -0.2) is 16.8 Å². The fraction of sp³-hybridized carbons (Fsp3) is 0.222. The highest BCUT2D eigenvalue weighted by Gasteiger charge is 2.06. The number of rotatable bonds is 5. The second kappa shape index (κ2) is 9.75. The molecule has 0 aromatic heterocycles. The number of hydrazine groups is 1. The number of thioether (sulfide) groups is 1. The Kier molecular flexibility index (Phi) is 7.68. The number of halogens is 2. The third-order valence-electron chi connectivity index (χ3n) is 3.30. The molecule has 0 aliphatic carbocycles. The Morgan fingerprint density at radius 3 is 2.50 bits per heavy atom. The lowest BCUT2D eigenvalue weighted by Gasteiger charge is -2.12. The maximum absolute atomic E-state index is 13.0. The summed E-state index contributed by atoms with van der Waals surface area (Å²) >= 11 is 12.5. The molecule has 1 amide bonds. The van der Waals surface area contributed by atoms with E-state index in [-0.39, 0.29) is 17.5 Å². The van der Waals surface area contributed by atoms with E-state index in [0.717, 1.165) is 22.4 Å². The van der Waals surface area contributed by atoms with Gasteiger partial charge in [0.15, 0.2) is 5.11 Å². The molecular formula is C18H19ClFN3OS2. The first-order valence-electron chi connectivity index (χ1n) is 7.79. The zero-order valence-corrected chi connectivity index (χ0v) is 16.7. The van der Waals surface area contributed by atoms with Gasteiger partial charge in [0.2, 0.25) is 5.91 Å². The molecule has 2 aromatic carbocycles. The van der Waals surface area contributed by atoms with Crippen LogP contribution in [0.15, 0.2) is 36.4 Å². The quantitative estimate of drug-likeness (QED) is 0.504. The van der Waals surface area contributed by atoms with E-state index in [9.17, 15) is 9.18 Å². The van der Waals surface area contributed by atoms with Crippen LogP contribution < -0.4 is 16.2 Å². The van der Waals surface area contributed by atoms with Crippen molar-refractivity contribution in [2.45, 2.75) is 19.6 Å². The first-order chi connectivity index (χ1) is 12.3. The van der Waals surface area contributed by atoms with Crippen LogP contribution >= 0.6 is 35.6 Å². The third-order valence-corrected chi connectivity index (χ3v) is 4.84. The van der Waals surface area contributed by atoms with Gasteiger partial charge in [0.25, 0.3) is 0 Å². The zero-order chi connectivity index (χ0) is 19.1. The van der Waals surface area contributed by atoms with Crippen molar-refractivity contribution in [3.63, 3.8) is 0 Å². The average molecular weight is 412 g/mol. The number of hydrogen-bond donors (Lipinski definition) is 3. The molecule has 0 aliphatic rings. The molecule has 0 bridgehead atoms. The summed E-state index contributed by atoms with van der Waals surface area (Å²) in [5.41, 5.74) is 9.08. The van der Waals surface area contributed by atoms with Crippen molar-refractivity contribution in [1.29, 1.82) is 0 Å². The summed E-state index contributed by atoms with van der Waals surface area (Å²) in [5, 5.41) is 3.68. The summed E-state index contributed by atoms with van der Waals surface area (Å²) in [7, 11) is 0. The van der Waals surface area contributed by atoms with Crippen LogP contribution in [0.2, 0.25) is 5.02 Å².